The number of carboxylic acids is 4. The van der Waals surface area contributed by atoms with Crippen LogP contribution in [0.25, 0.3) is 0 Å². The highest BCUT2D eigenvalue weighted by atomic mass is 32.1. The first-order chi connectivity index (χ1) is 13.3. The van der Waals surface area contributed by atoms with Gasteiger partial charge >= 0.3 is 23.9 Å². The third-order valence-corrected chi connectivity index (χ3v) is 3.38. The summed E-state index contributed by atoms with van der Waals surface area (Å²) >= 11 is 13.7. The molecule has 0 radical (unpaired) electrons. The summed E-state index contributed by atoms with van der Waals surface area (Å²) in [5.41, 5.74) is -0.667. The van der Waals surface area contributed by atoms with Gasteiger partial charge in [0.05, 0.1) is 42.8 Å². The summed E-state index contributed by atoms with van der Waals surface area (Å²) in [6.45, 7) is 1.35. The highest BCUT2D eigenvalue weighted by molar-refractivity contribution is 7.81. The number of rotatable bonds is 8. The first-order valence-corrected chi connectivity index (χ1v) is 9.99. The number of hydrogen-bond acceptors (Lipinski definition) is 11. The molecule has 7 N–H and O–H groups in total. The molecule has 29 heavy (non-hydrogen) atoms. The van der Waals surface area contributed by atoms with E-state index in [0.717, 1.165) is 0 Å². The molecule has 0 bridgehead atoms. The maximum Gasteiger partial charge on any atom is 0.313 e. The molecule has 0 aliphatic heterocycles. The van der Waals surface area contributed by atoms with Gasteiger partial charge in [-0.1, -0.05) is 6.92 Å². The van der Waals surface area contributed by atoms with Gasteiger partial charge in [-0.15, -0.1) is 0 Å². The molecule has 0 aromatic heterocycles. The third-order valence-electron chi connectivity index (χ3n) is 2.30. The van der Waals surface area contributed by atoms with Crippen LogP contribution in [0.4, 0.5) is 0 Å². The quantitative estimate of drug-likeness (QED) is 0.188. The van der Waals surface area contributed by atoms with E-state index in [0.29, 0.717) is 6.42 Å². The number of aliphatic carboxylic acids is 4. The van der Waals surface area contributed by atoms with Crippen molar-refractivity contribution in [1.82, 2.24) is 0 Å². The molecule has 0 heterocycles. The fourth-order valence-electron chi connectivity index (χ4n) is 0.485. The zero-order valence-electron chi connectivity index (χ0n) is 15.7. The zero-order chi connectivity index (χ0) is 24.5. The van der Waals surface area contributed by atoms with Crippen molar-refractivity contribution in [3.8, 4) is 0 Å². The fourth-order valence-corrected chi connectivity index (χ4v) is 0.485. The summed E-state index contributed by atoms with van der Waals surface area (Å²) in [5.74, 6) is -3.86. The summed E-state index contributed by atoms with van der Waals surface area (Å²) in [6.07, 6.45) is 0.594. The minimum Gasteiger partial charge on any atom is -0.481 e. The van der Waals surface area contributed by atoms with Crippen molar-refractivity contribution in [2.24, 2.45) is 5.41 Å². The van der Waals surface area contributed by atoms with E-state index < -0.39 is 29.3 Å². The van der Waals surface area contributed by atoms with Gasteiger partial charge in [-0.25, -0.2) is 0 Å². The van der Waals surface area contributed by atoms with E-state index in [2.05, 4.69) is 50.5 Å². The molecule has 0 atom stereocenters. The second kappa shape index (κ2) is 29.4. The van der Waals surface area contributed by atoms with Gasteiger partial charge in [-0.2, -0.15) is 50.5 Å². The highest BCUT2D eigenvalue weighted by Crippen LogP contribution is 2.18. The molecule has 0 spiro atoms. The Morgan fingerprint density at radius 1 is 0.586 bits per heavy atom. The van der Waals surface area contributed by atoms with Gasteiger partial charge in [0.25, 0.3) is 0 Å². The average molecular weight is 503 g/mol. The lowest BCUT2D eigenvalue weighted by Gasteiger charge is -2.24. The van der Waals surface area contributed by atoms with E-state index in [4.69, 9.17) is 35.7 Å². The number of thiol groups is 4. The van der Waals surface area contributed by atoms with Crippen molar-refractivity contribution in [3.63, 3.8) is 0 Å². The molecule has 0 aromatic rings. The molecule has 0 unspecified atom stereocenters. The van der Waals surface area contributed by atoms with Crippen LogP contribution < -0.4 is 0 Å². The Hall–Kier alpha value is -0.840. The predicted molar refractivity (Wildman–Crippen MR) is 120 cm³/mol. The Morgan fingerprint density at radius 2 is 0.724 bits per heavy atom. The molecule has 0 aromatic carbocycles. The van der Waals surface area contributed by atoms with Crippen LogP contribution in [0.15, 0.2) is 0 Å². The second-order valence-electron chi connectivity index (χ2n) is 4.54. The van der Waals surface area contributed by atoms with E-state index in [1.54, 1.807) is 0 Å². The first kappa shape index (κ1) is 38.7. The number of carbonyl (C=O) groups is 4. The van der Waals surface area contributed by atoms with Crippen LogP contribution in [-0.2, 0) is 19.2 Å². The van der Waals surface area contributed by atoms with Gasteiger partial charge in [-0.05, 0) is 6.42 Å². The number of hydrogen-bond donors (Lipinski definition) is 11. The normalized spacial score (nSPS) is 8.83. The predicted octanol–water partition coefficient (Wildman–Crippen LogP) is -0.637. The van der Waals surface area contributed by atoms with Gasteiger partial charge in [0.15, 0.2) is 0 Å². The Labute approximate surface area is 190 Å². The molecule has 15 heteroatoms. The minimum absolute atomic E-state index is 0.0833. The van der Waals surface area contributed by atoms with Crippen molar-refractivity contribution < 1.29 is 54.9 Å². The lowest BCUT2D eigenvalue weighted by atomic mass is 9.88. The van der Waals surface area contributed by atoms with Crippen molar-refractivity contribution in [1.29, 1.82) is 0 Å². The molecule has 176 valence electrons. The monoisotopic (exact) mass is 502 g/mol. The zero-order valence-corrected chi connectivity index (χ0v) is 19.3. The molecule has 11 nitrogen and oxygen atoms in total. The maximum absolute atomic E-state index is 9.29. The summed E-state index contributed by atoms with van der Waals surface area (Å²) in [4.78, 5) is 37.2. The Bertz CT molecular complexity index is 345. The average Bonchev–Trinajstić information content (AvgIpc) is 2.71. The van der Waals surface area contributed by atoms with Crippen LogP contribution in [0, 0.1) is 5.41 Å². The van der Waals surface area contributed by atoms with Crippen molar-refractivity contribution in [2.45, 2.75) is 13.3 Å². The van der Waals surface area contributed by atoms with Crippen LogP contribution in [0.5, 0.6) is 0 Å². The first-order valence-electron chi connectivity index (χ1n) is 7.46. The molecule has 0 amide bonds. The molecular formula is C14H30O11S4. The standard InChI is InChI=1S/C6H14O3.4C2H4O2S/c1-2-6(3-7,4-8)5-9;4*3-2(4)1-5/h7-9H,2-5H2,1H3;4*5H,1H2,(H,3,4). The summed E-state index contributed by atoms with van der Waals surface area (Å²) in [7, 11) is 0. The summed E-state index contributed by atoms with van der Waals surface area (Å²) in [6, 6.07) is 0. The van der Waals surface area contributed by atoms with Gasteiger partial charge < -0.3 is 35.7 Å². The van der Waals surface area contributed by atoms with Crippen LogP contribution in [0.3, 0.4) is 0 Å². The highest BCUT2D eigenvalue weighted by Gasteiger charge is 2.24. The molecule has 0 rings (SSSR count). The van der Waals surface area contributed by atoms with E-state index in [-0.39, 0.29) is 42.8 Å². The maximum atomic E-state index is 9.29. The van der Waals surface area contributed by atoms with E-state index >= 15 is 0 Å². The van der Waals surface area contributed by atoms with Crippen molar-refractivity contribution in [2.75, 3.05) is 42.8 Å². The Balaban J connectivity index is -0.0000000853. The van der Waals surface area contributed by atoms with E-state index in [9.17, 15) is 19.2 Å². The molecule has 0 saturated heterocycles. The van der Waals surface area contributed by atoms with Crippen LogP contribution in [0.1, 0.15) is 13.3 Å². The molecular weight excluding hydrogens is 472 g/mol. The van der Waals surface area contributed by atoms with Crippen molar-refractivity contribution >= 4 is 74.4 Å². The van der Waals surface area contributed by atoms with Crippen LogP contribution in [-0.4, -0.2) is 102 Å². The topological polar surface area (TPSA) is 210 Å². The largest absolute Gasteiger partial charge is 0.481 e. The molecule has 0 aliphatic rings. The lowest BCUT2D eigenvalue weighted by Crippen LogP contribution is -2.32. The van der Waals surface area contributed by atoms with E-state index in [1.165, 1.54) is 0 Å². The Morgan fingerprint density at radius 3 is 0.724 bits per heavy atom. The summed E-state index contributed by atoms with van der Waals surface area (Å²) in [5, 5.41) is 56.6. The number of aliphatic hydroxyl groups excluding tert-OH is 3. The van der Waals surface area contributed by atoms with Crippen LogP contribution in [0.2, 0.25) is 0 Å². The number of carboxylic acid groups (broad SMARTS) is 4. The third kappa shape index (κ3) is 46.8. The van der Waals surface area contributed by atoms with Gasteiger partial charge in [0.2, 0.25) is 0 Å². The van der Waals surface area contributed by atoms with Crippen LogP contribution >= 0.6 is 50.5 Å². The second-order valence-corrected chi connectivity index (χ2v) is 5.80. The lowest BCUT2D eigenvalue weighted by molar-refractivity contribution is -0.134. The van der Waals surface area contributed by atoms with Crippen molar-refractivity contribution in [3.05, 3.63) is 0 Å². The molecule has 0 aliphatic carbocycles. The SMILES string of the molecule is CCC(CO)(CO)CO.O=C(O)CS.O=C(O)CS.O=C(O)CS.O=C(O)CS. The van der Waals surface area contributed by atoms with Gasteiger partial charge in [0.1, 0.15) is 0 Å². The van der Waals surface area contributed by atoms with E-state index in [1.807, 2.05) is 6.92 Å². The molecule has 0 saturated carbocycles. The minimum atomic E-state index is -0.881. The fraction of sp³-hybridized carbons (Fsp3) is 0.714. The number of aliphatic hydroxyl groups is 3. The summed E-state index contributed by atoms with van der Waals surface area (Å²) < 4.78 is 0. The van der Waals surface area contributed by atoms with Gasteiger partial charge in [0, 0.05) is 5.41 Å². The smallest absolute Gasteiger partial charge is 0.313 e. The Kier molecular flexibility index (Phi) is 39.2. The molecule has 0 fully saturated rings. The van der Waals surface area contributed by atoms with Gasteiger partial charge in [-0.3, -0.25) is 19.2 Å².